The SMILES string of the molecule is CSCC[C@H](N)C(=O)N[C@H](C(=O)N[C@@H](CC(N)=O)C(=O)O)[C@@H](C)O. The van der Waals surface area contributed by atoms with E-state index in [1.54, 1.807) is 0 Å². The molecule has 0 radical (unpaired) electrons. The minimum atomic E-state index is -1.56. The number of rotatable bonds is 11. The van der Waals surface area contributed by atoms with Crippen LogP contribution >= 0.6 is 11.8 Å². The average molecular weight is 364 g/mol. The van der Waals surface area contributed by atoms with E-state index in [0.29, 0.717) is 12.2 Å². The van der Waals surface area contributed by atoms with E-state index >= 15 is 0 Å². The lowest BCUT2D eigenvalue weighted by Crippen LogP contribution is -2.58. The third-order valence-electron chi connectivity index (χ3n) is 3.05. The van der Waals surface area contributed by atoms with Crippen molar-refractivity contribution in [1.29, 1.82) is 0 Å². The van der Waals surface area contributed by atoms with Gasteiger partial charge in [0.15, 0.2) is 0 Å². The third-order valence-corrected chi connectivity index (χ3v) is 3.70. The van der Waals surface area contributed by atoms with Crippen LogP contribution < -0.4 is 22.1 Å². The fourth-order valence-electron chi connectivity index (χ4n) is 1.70. The summed E-state index contributed by atoms with van der Waals surface area (Å²) >= 11 is 1.50. The lowest BCUT2D eigenvalue weighted by Gasteiger charge is -2.24. The summed E-state index contributed by atoms with van der Waals surface area (Å²) in [5.74, 6) is -3.34. The molecule has 0 aliphatic rings. The quantitative estimate of drug-likeness (QED) is 0.230. The maximum atomic E-state index is 12.1. The van der Waals surface area contributed by atoms with E-state index in [1.807, 2.05) is 6.26 Å². The van der Waals surface area contributed by atoms with Gasteiger partial charge in [-0.05, 0) is 25.4 Å². The van der Waals surface area contributed by atoms with E-state index in [1.165, 1.54) is 18.7 Å². The number of aliphatic hydroxyl groups is 1. The summed E-state index contributed by atoms with van der Waals surface area (Å²) in [5, 5.41) is 23.0. The minimum Gasteiger partial charge on any atom is -0.480 e. The summed E-state index contributed by atoms with van der Waals surface area (Å²) in [5.41, 5.74) is 10.6. The molecule has 0 aromatic heterocycles. The molecule has 8 N–H and O–H groups in total. The largest absolute Gasteiger partial charge is 0.480 e. The molecule has 0 bridgehead atoms. The fourth-order valence-corrected chi connectivity index (χ4v) is 2.19. The van der Waals surface area contributed by atoms with Crippen molar-refractivity contribution in [2.75, 3.05) is 12.0 Å². The smallest absolute Gasteiger partial charge is 0.326 e. The first-order valence-electron chi connectivity index (χ1n) is 7.14. The highest BCUT2D eigenvalue weighted by Crippen LogP contribution is 2.02. The number of carbonyl (C=O) groups excluding carboxylic acids is 3. The van der Waals surface area contributed by atoms with Crippen LogP contribution in [0.5, 0.6) is 0 Å². The lowest BCUT2D eigenvalue weighted by atomic mass is 10.1. The molecule has 10 nitrogen and oxygen atoms in total. The van der Waals surface area contributed by atoms with Crippen molar-refractivity contribution in [3.8, 4) is 0 Å². The van der Waals surface area contributed by atoms with Crippen LogP contribution in [0.1, 0.15) is 19.8 Å². The molecule has 0 saturated heterocycles. The number of thioether (sulfide) groups is 1. The Morgan fingerprint density at radius 1 is 1.17 bits per heavy atom. The van der Waals surface area contributed by atoms with Crippen LogP contribution in [0.15, 0.2) is 0 Å². The van der Waals surface area contributed by atoms with E-state index in [4.69, 9.17) is 16.6 Å². The molecule has 0 spiro atoms. The molecular weight excluding hydrogens is 340 g/mol. The number of carboxylic acid groups (broad SMARTS) is 1. The van der Waals surface area contributed by atoms with E-state index in [2.05, 4.69) is 10.6 Å². The van der Waals surface area contributed by atoms with Gasteiger partial charge in [0.25, 0.3) is 0 Å². The zero-order valence-electron chi connectivity index (χ0n) is 13.5. The van der Waals surface area contributed by atoms with Crippen LogP contribution in [-0.2, 0) is 19.2 Å². The standard InChI is InChI=1S/C13H24N4O6S/c1-6(18)10(17-11(20)7(14)3-4-24-2)12(21)16-8(13(22)23)5-9(15)19/h6-8,10,18H,3-5,14H2,1-2H3,(H2,15,19)(H,16,21)(H,17,20)(H,22,23)/t6-,7+,8+,10+/m1/s1. The minimum absolute atomic E-state index is 0.376. The first kappa shape index (κ1) is 22.1. The van der Waals surface area contributed by atoms with Crippen molar-refractivity contribution in [3.63, 3.8) is 0 Å². The second-order valence-corrected chi connectivity index (χ2v) is 6.17. The first-order valence-corrected chi connectivity index (χ1v) is 8.54. The van der Waals surface area contributed by atoms with Crippen molar-refractivity contribution in [2.45, 2.75) is 44.0 Å². The molecule has 4 atom stereocenters. The Balaban J connectivity index is 4.91. The van der Waals surface area contributed by atoms with Gasteiger partial charge in [0.2, 0.25) is 17.7 Å². The Labute approximate surface area is 143 Å². The van der Waals surface area contributed by atoms with Gasteiger partial charge in [-0.25, -0.2) is 4.79 Å². The van der Waals surface area contributed by atoms with Gasteiger partial charge < -0.3 is 32.3 Å². The van der Waals surface area contributed by atoms with Crippen molar-refractivity contribution in [2.24, 2.45) is 11.5 Å². The molecule has 3 amide bonds. The Kier molecular flexibility index (Phi) is 10.0. The molecule has 0 rings (SSSR count). The summed E-state index contributed by atoms with van der Waals surface area (Å²) < 4.78 is 0. The van der Waals surface area contributed by atoms with E-state index < -0.39 is 54.3 Å². The zero-order valence-corrected chi connectivity index (χ0v) is 14.3. The normalized spacial score (nSPS) is 15.7. The summed E-state index contributed by atoms with van der Waals surface area (Å²) in [6.07, 6.45) is 0.307. The van der Waals surface area contributed by atoms with E-state index in [0.717, 1.165) is 0 Å². The number of aliphatic carboxylic acids is 1. The van der Waals surface area contributed by atoms with Crippen molar-refractivity contribution >= 4 is 35.5 Å². The summed E-state index contributed by atoms with van der Waals surface area (Å²) in [4.78, 5) is 45.9. The fraction of sp³-hybridized carbons (Fsp3) is 0.692. The number of carboxylic acids is 1. The van der Waals surface area contributed by atoms with Gasteiger partial charge in [0.05, 0.1) is 18.6 Å². The Hall–Kier alpha value is -1.85. The number of hydrogen-bond acceptors (Lipinski definition) is 7. The van der Waals surface area contributed by atoms with Crippen molar-refractivity contribution in [3.05, 3.63) is 0 Å². The van der Waals surface area contributed by atoms with Crippen LogP contribution in [0.4, 0.5) is 0 Å². The van der Waals surface area contributed by atoms with Gasteiger partial charge in [0.1, 0.15) is 12.1 Å². The summed E-state index contributed by atoms with van der Waals surface area (Å²) in [6.45, 7) is 1.25. The van der Waals surface area contributed by atoms with Crippen LogP contribution in [0.2, 0.25) is 0 Å². The number of nitrogens with two attached hydrogens (primary N) is 2. The molecule has 138 valence electrons. The van der Waals surface area contributed by atoms with Gasteiger partial charge in [-0.1, -0.05) is 0 Å². The lowest BCUT2D eigenvalue weighted by molar-refractivity contribution is -0.144. The highest BCUT2D eigenvalue weighted by atomic mass is 32.2. The van der Waals surface area contributed by atoms with Gasteiger partial charge >= 0.3 is 5.97 Å². The average Bonchev–Trinajstić information content (AvgIpc) is 2.47. The first-order chi connectivity index (χ1) is 11.1. The van der Waals surface area contributed by atoms with Crippen LogP contribution in [-0.4, -0.2) is 70.1 Å². The van der Waals surface area contributed by atoms with E-state index in [9.17, 15) is 24.3 Å². The van der Waals surface area contributed by atoms with Gasteiger partial charge in [-0.3, -0.25) is 14.4 Å². The predicted molar refractivity (Wildman–Crippen MR) is 88.0 cm³/mol. The van der Waals surface area contributed by atoms with E-state index in [-0.39, 0.29) is 0 Å². The van der Waals surface area contributed by atoms with Crippen molar-refractivity contribution in [1.82, 2.24) is 10.6 Å². The molecule has 0 aromatic rings. The molecule has 0 aromatic carbocycles. The number of aliphatic hydroxyl groups excluding tert-OH is 1. The van der Waals surface area contributed by atoms with Crippen LogP contribution in [0.25, 0.3) is 0 Å². The molecule has 11 heteroatoms. The molecule has 0 unspecified atom stereocenters. The Morgan fingerprint density at radius 2 is 1.75 bits per heavy atom. The summed E-state index contributed by atoms with van der Waals surface area (Å²) in [7, 11) is 0. The highest BCUT2D eigenvalue weighted by Gasteiger charge is 2.31. The predicted octanol–water partition coefficient (Wildman–Crippen LogP) is -2.62. The molecule has 0 saturated carbocycles. The zero-order chi connectivity index (χ0) is 18.9. The number of carbonyl (C=O) groups is 4. The van der Waals surface area contributed by atoms with Crippen molar-refractivity contribution < 1.29 is 29.4 Å². The second kappa shape index (κ2) is 10.8. The van der Waals surface area contributed by atoms with Gasteiger partial charge in [-0.15, -0.1) is 0 Å². The molecule has 24 heavy (non-hydrogen) atoms. The van der Waals surface area contributed by atoms with Gasteiger partial charge in [-0.2, -0.15) is 11.8 Å². The maximum Gasteiger partial charge on any atom is 0.326 e. The molecular formula is C13H24N4O6S. The third kappa shape index (κ3) is 8.13. The number of amides is 3. The molecule has 0 heterocycles. The monoisotopic (exact) mass is 364 g/mol. The Morgan fingerprint density at radius 3 is 2.17 bits per heavy atom. The highest BCUT2D eigenvalue weighted by molar-refractivity contribution is 7.98. The topological polar surface area (TPSA) is 185 Å². The number of hydrogen-bond donors (Lipinski definition) is 6. The molecule has 0 fully saturated rings. The maximum absolute atomic E-state index is 12.1. The Bertz CT molecular complexity index is 473. The van der Waals surface area contributed by atoms with Crippen LogP contribution in [0.3, 0.4) is 0 Å². The number of nitrogens with one attached hydrogen (secondary N) is 2. The molecule has 0 aliphatic heterocycles. The van der Waals surface area contributed by atoms with Crippen LogP contribution in [0, 0.1) is 0 Å². The molecule has 0 aliphatic carbocycles. The number of primary amides is 1. The second-order valence-electron chi connectivity index (χ2n) is 5.18. The summed E-state index contributed by atoms with van der Waals surface area (Å²) in [6, 6.07) is -3.83. The van der Waals surface area contributed by atoms with Gasteiger partial charge in [0, 0.05) is 0 Å².